The Morgan fingerprint density at radius 2 is 1.54 bits per heavy atom. The third-order valence-corrected chi connectivity index (χ3v) is 9.93. The normalized spacial score (nSPS) is 15.2. The van der Waals surface area contributed by atoms with E-state index in [0.717, 1.165) is 31.2 Å². The van der Waals surface area contributed by atoms with Crippen LogP contribution in [0.1, 0.15) is 114 Å². The second kappa shape index (κ2) is 26.4. The van der Waals surface area contributed by atoms with Crippen molar-refractivity contribution in [3.8, 4) is 6.26 Å². The number of nitrogen functional groups attached to an aromatic ring is 1. The van der Waals surface area contributed by atoms with Gasteiger partial charge in [-0.3, -0.25) is 9.05 Å². The summed E-state index contributed by atoms with van der Waals surface area (Å²) < 4.78 is 41.2. The summed E-state index contributed by atoms with van der Waals surface area (Å²) >= 11 is 0. The summed E-state index contributed by atoms with van der Waals surface area (Å²) in [5.41, 5.74) is 7.26. The van der Waals surface area contributed by atoms with Crippen molar-refractivity contribution in [1.82, 2.24) is 14.6 Å². The van der Waals surface area contributed by atoms with Gasteiger partial charge in [0.2, 0.25) is 0 Å². The number of unbranched alkanes of at least 4 members (excludes halogenated alkanes) is 12. The van der Waals surface area contributed by atoms with E-state index in [1.54, 1.807) is 6.07 Å². The number of nitrogens with two attached hydrogens (primary N) is 1. The lowest BCUT2D eigenvalue weighted by atomic mass is 10.1. The Balaban J connectivity index is 1.37. The Morgan fingerprint density at radius 1 is 0.889 bits per heavy atom. The average molecular weight is 774 g/mol. The summed E-state index contributed by atoms with van der Waals surface area (Å²) in [7, 11) is -4.74. The molecule has 0 fully saturated rings. The number of hydrogen-bond acceptors (Lipinski definition) is 12. The van der Waals surface area contributed by atoms with Crippen molar-refractivity contribution >= 4 is 19.2 Å². The number of phosphoric acid groups is 1. The minimum atomic E-state index is -4.74. The molecule has 0 spiro atoms. The topological polar surface area (TPSA) is 204 Å². The van der Waals surface area contributed by atoms with Gasteiger partial charge in [0.05, 0.1) is 32.1 Å². The summed E-state index contributed by atoms with van der Waals surface area (Å²) in [6, 6.07) is 12.5. The standard InChI is InChI=1S/C39H60N5O9P/c1-2-3-4-5-6-7-8-9-10-11-12-13-14-15-16-20-25-49-27-33(50-26-32-21-18-17-19-22-32)28-52-54(47,48)53-29-36(51-30-40)38(46)37(45)34-23-24-35-39(41)42-31-43-44(34)35/h9-10,17-19,21-24,31,33,36-38,45-46H,2-8,11-16,20,25-29H2,1H3,(H,47,48)(H2,41,42,43)/b10-9+/t33-,36-,37+,38-/m1/s1. The van der Waals surface area contributed by atoms with Crippen LogP contribution in [0.3, 0.4) is 0 Å². The third kappa shape index (κ3) is 17.4. The van der Waals surface area contributed by atoms with Gasteiger partial charge in [-0.05, 0) is 49.8 Å². The smallest absolute Gasteiger partial charge is 0.419 e. The van der Waals surface area contributed by atoms with Crippen LogP contribution < -0.4 is 5.73 Å². The van der Waals surface area contributed by atoms with Gasteiger partial charge in [0.25, 0.3) is 6.26 Å². The summed E-state index contributed by atoms with van der Waals surface area (Å²) in [4.78, 5) is 14.3. The van der Waals surface area contributed by atoms with Crippen molar-refractivity contribution < 1.29 is 42.9 Å². The SMILES string of the molecule is CCCCCCCC/C=C/CCCCCCCCOC[C@H](COP(=O)(O)OC[C@@H](OC#N)[C@@H](O)[C@@H](O)c1ccc2c(N)ncnn12)OCc1ccccc1. The number of nitrogens with zero attached hydrogens (tertiary/aromatic N) is 4. The van der Waals surface area contributed by atoms with Crippen molar-refractivity contribution in [2.75, 3.05) is 32.2 Å². The van der Waals surface area contributed by atoms with E-state index in [2.05, 4.69) is 29.2 Å². The second-order valence-corrected chi connectivity index (χ2v) is 14.8. The molecule has 1 aromatic carbocycles. The highest BCUT2D eigenvalue weighted by molar-refractivity contribution is 7.47. The highest BCUT2D eigenvalue weighted by Crippen LogP contribution is 2.44. The van der Waals surface area contributed by atoms with Gasteiger partial charge in [0.15, 0.2) is 11.9 Å². The van der Waals surface area contributed by atoms with Crippen LogP contribution in [-0.4, -0.2) is 74.4 Å². The Bertz CT molecular complexity index is 1550. The largest absolute Gasteiger partial charge is 0.472 e. The van der Waals surface area contributed by atoms with Gasteiger partial charge in [-0.1, -0.05) is 107 Å². The van der Waals surface area contributed by atoms with E-state index in [1.165, 1.54) is 87.4 Å². The Kier molecular flexibility index (Phi) is 22.0. The minimum Gasteiger partial charge on any atom is -0.419 e. The number of allylic oxidation sites excluding steroid dienone is 2. The van der Waals surface area contributed by atoms with Gasteiger partial charge in [-0.2, -0.15) is 10.4 Å². The van der Waals surface area contributed by atoms with Crippen LogP contribution in [0.5, 0.6) is 0 Å². The fourth-order valence-electron chi connectivity index (χ4n) is 5.83. The lowest BCUT2D eigenvalue weighted by Crippen LogP contribution is -2.37. The Morgan fingerprint density at radius 3 is 2.22 bits per heavy atom. The van der Waals surface area contributed by atoms with Crippen LogP contribution in [0.25, 0.3) is 5.52 Å². The summed E-state index contributed by atoms with van der Waals surface area (Å²) in [6.07, 6.45) is 18.7. The van der Waals surface area contributed by atoms with Crippen molar-refractivity contribution in [2.45, 2.75) is 128 Å². The number of anilines is 1. The molecule has 0 aliphatic carbocycles. The van der Waals surface area contributed by atoms with Gasteiger partial charge in [0.1, 0.15) is 30.2 Å². The molecule has 5 atom stereocenters. The van der Waals surface area contributed by atoms with E-state index < -0.39 is 38.8 Å². The first kappa shape index (κ1) is 45.0. The zero-order valence-electron chi connectivity index (χ0n) is 31.6. The summed E-state index contributed by atoms with van der Waals surface area (Å²) in [6.45, 7) is 2.03. The molecule has 0 aliphatic heterocycles. The van der Waals surface area contributed by atoms with Gasteiger partial charge in [0, 0.05) is 6.61 Å². The van der Waals surface area contributed by atoms with Crippen LogP contribution in [-0.2, 0) is 34.4 Å². The molecule has 5 N–H and O–H groups in total. The van der Waals surface area contributed by atoms with Crippen molar-refractivity contribution in [2.24, 2.45) is 0 Å². The van der Waals surface area contributed by atoms with E-state index in [-0.39, 0.29) is 31.3 Å². The first-order valence-electron chi connectivity index (χ1n) is 19.2. The maximum Gasteiger partial charge on any atom is 0.472 e. The number of benzene rings is 1. The summed E-state index contributed by atoms with van der Waals surface area (Å²) in [5.74, 6) is 0.152. The van der Waals surface area contributed by atoms with Crippen LogP contribution in [0.4, 0.5) is 5.82 Å². The number of aromatic nitrogens is 3. The zero-order chi connectivity index (χ0) is 38.9. The molecule has 0 radical (unpaired) electrons. The highest BCUT2D eigenvalue weighted by Gasteiger charge is 2.35. The highest BCUT2D eigenvalue weighted by atomic mass is 31.2. The van der Waals surface area contributed by atoms with Crippen molar-refractivity contribution in [3.63, 3.8) is 0 Å². The molecular weight excluding hydrogens is 713 g/mol. The number of hydrogen-bond donors (Lipinski definition) is 4. The van der Waals surface area contributed by atoms with Gasteiger partial charge >= 0.3 is 7.82 Å². The molecule has 0 saturated heterocycles. The molecule has 2 aromatic heterocycles. The molecule has 1 unspecified atom stereocenters. The first-order valence-corrected chi connectivity index (χ1v) is 20.7. The Labute approximate surface area is 319 Å². The number of nitriles is 1. The van der Waals surface area contributed by atoms with Crippen LogP contribution in [0, 0.1) is 11.5 Å². The molecule has 0 saturated carbocycles. The molecule has 3 aromatic rings. The van der Waals surface area contributed by atoms with Crippen molar-refractivity contribution in [1.29, 1.82) is 5.26 Å². The Hall–Kier alpha value is -3.38. The second-order valence-electron chi connectivity index (χ2n) is 13.4. The molecule has 300 valence electrons. The number of aliphatic hydroxyl groups excluding tert-OH is 2. The molecule has 54 heavy (non-hydrogen) atoms. The van der Waals surface area contributed by atoms with E-state index in [1.807, 2.05) is 30.3 Å². The average Bonchev–Trinajstić information content (AvgIpc) is 3.62. The lowest BCUT2D eigenvalue weighted by Gasteiger charge is -2.25. The number of aliphatic hydroxyl groups is 2. The fourth-order valence-corrected chi connectivity index (χ4v) is 6.59. The predicted octanol–water partition coefficient (Wildman–Crippen LogP) is 7.35. The van der Waals surface area contributed by atoms with Gasteiger partial charge in [-0.15, -0.1) is 0 Å². The predicted molar refractivity (Wildman–Crippen MR) is 206 cm³/mol. The molecule has 15 heteroatoms. The maximum absolute atomic E-state index is 12.9. The molecule has 0 amide bonds. The van der Waals surface area contributed by atoms with Gasteiger partial charge < -0.3 is 35.1 Å². The van der Waals surface area contributed by atoms with Crippen molar-refractivity contribution in [3.05, 3.63) is 72.2 Å². The fraction of sp³-hybridized carbons (Fsp3) is 0.615. The maximum atomic E-state index is 12.9. The monoisotopic (exact) mass is 773 g/mol. The molecule has 14 nitrogen and oxygen atoms in total. The molecule has 0 bridgehead atoms. The first-order chi connectivity index (χ1) is 26.3. The zero-order valence-corrected chi connectivity index (χ0v) is 32.5. The van der Waals surface area contributed by atoms with Crippen LogP contribution in [0.2, 0.25) is 0 Å². The van der Waals surface area contributed by atoms with Crippen LogP contribution >= 0.6 is 7.82 Å². The third-order valence-electron chi connectivity index (χ3n) is 8.98. The number of rotatable bonds is 31. The number of fused-ring (bicyclic) bond motifs is 1. The number of phosphoric ester groups is 1. The molecule has 0 aliphatic rings. The number of ether oxygens (including phenoxy) is 3. The van der Waals surface area contributed by atoms with E-state index in [0.29, 0.717) is 12.1 Å². The lowest BCUT2D eigenvalue weighted by molar-refractivity contribution is -0.0821. The van der Waals surface area contributed by atoms with Crippen LogP contribution in [0.15, 0.2) is 60.9 Å². The molecule has 2 heterocycles. The van der Waals surface area contributed by atoms with Gasteiger partial charge in [-0.25, -0.2) is 14.1 Å². The van der Waals surface area contributed by atoms with E-state index in [4.69, 9.17) is 34.3 Å². The van der Waals surface area contributed by atoms with E-state index in [9.17, 15) is 19.7 Å². The molecular formula is C39H60N5O9P. The minimum absolute atomic E-state index is 0.122. The molecule has 3 rings (SSSR count). The quantitative estimate of drug-likeness (QED) is 0.0219. The summed E-state index contributed by atoms with van der Waals surface area (Å²) in [5, 5.41) is 34.9. The van der Waals surface area contributed by atoms with E-state index >= 15 is 0 Å².